The summed E-state index contributed by atoms with van der Waals surface area (Å²) in [5, 5.41) is 13.6. The lowest BCUT2D eigenvalue weighted by Gasteiger charge is -2.34. The second kappa shape index (κ2) is 10.2. The van der Waals surface area contributed by atoms with Crippen LogP contribution in [-0.2, 0) is 11.2 Å². The van der Waals surface area contributed by atoms with Gasteiger partial charge in [-0.15, -0.1) is 0 Å². The summed E-state index contributed by atoms with van der Waals surface area (Å²) in [4.78, 5) is 33.0. The molecule has 0 radical (unpaired) electrons. The summed E-state index contributed by atoms with van der Waals surface area (Å²) in [6, 6.07) is 13.7. The average molecular weight is 450 g/mol. The zero-order valence-corrected chi connectivity index (χ0v) is 18.4. The number of phenols is 1. The number of piperazine rings is 1. The number of hydrogen-bond acceptors (Lipinski definition) is 7. The van der Waals surface area contributed by atoms with Crippen LogP contribution < -0.4 is 4.74 Å². The largest absolute Gasteiger partial charge is 0.508 e. The van der Waals surface area contributed by atoms with Crippen LogP contribution >= 0.6 is 0 Å². The van der Waals surface area contributed by atoms with Gasteiger partial charge in [-0.1, -0.05) is 11.2 Å². The topological polar surface area (TPSA) is 109 Å². The third kappa shape index (κ3) is 5.49. The number of benzene rings is 2. The fourth-order valence-corrected chi connectivity index (χ4v) is 3.69. The van der Waals surface area contributed by atoms with Crippen molar-refractivity contribution in [2.45, 2.75) is 19.8 Å². The van der Waals surface area contributed by atoms with Crippen molar-refractivity contribution in [3.05, 3.63) is 60.0 Å². The highest BCUT2D eigenvalue weighted by Gasteiger charge is 2.25. The summed E-state index contributed by atoms with van der Waals surface area (Å²) in [5.41, 5.74) is 1.25. The van der Waals surface area contributed by atoms with Crippen LogP contribution in [0.2, 0.25) is 0 Å². The first-order chi connectivity index (χ1) is 16.0. The van der Waals surface area contributed by atoms with Gasteiger partial charge in [0, 0.05) is 50.1 Å². The van der Waals surface area contributed by atoms with Gasteiger partial charge in [0.2, 0.25) is 17.6 Å². The van der Waals surface area contributed by atoms with E-state index in [2.05, 4.69) is 10.1 Å². The number of rotatable bonds is 7. The fraction of sp³-hybridized carbons (Fsp3) is 0.333. The number of aromatic hydroxyl groups is 1. The highest BCUT2D eigenvalue weighted by Crippen LogP contribution is 2.20. The van der Waals surface area contributed by atoms with E-state index < -0.39 is 0 Å². The van der Waals surface area contributed by atoms with Crippen LogP contribution in [0.4, 0.5) is 0 Å². The number of phenolic OH excluding ortho intramolecular Hbond substituents is 1. The Labute approximate surface area is 191 Å². The molecule has 0 saturated carbocycles. The van der Waals surface area contributed by atoms with Crippen LogP contribution in [0, 0.1) is 0 Å². The van der Waals surface area contributed by atoms with E-state index in [0.29, 0.717) is 56.5 Å². The molecular formula is C24H26N4O5. The molecule has 0 atom stereocenters. The number of carbonyl (C=O) groups is 2. The maximum absolute atomic E-state index is 12.6. The number of ether oxygens (including phenoxy) is 1. The minimum absolute atomic E-state index is 0.0136. The molecule has 9 heteroatoms. The Morgan fingerprint density at radius 3 is 2.48 bits per heavy atom. The summed E-state index contributed by atoms with van der Waals surface area (Å²) in [6.45, 7) is 4.35. The van der Waals surface area contributed by atoms with Gasteiger partial charge < -0.3 is 24.2 Å². The first-order valence-electron chi connectivity index (χ1n) is 11.0. The Kier molecular flexibility index (Phi) is 6.87. The van der Waals surface area contributed by atoms with Gasteiger partial charge in [-0.05, 0) is 49.4 Å². The van der Waals surface area contributed by atoms with Gasteiger partial charge >= 0.3 is 0 Å². The molecule has 2 aromatic carbocycles. The summed E-state index contributed by atoms with van der Waals surface area (Å²) in [7, 11) is 0. The van der Waals surface area contributed by atoms with Gasteiger partial charge in [0.15, 0.2) is 0 Å². The van der Waals surface area contributed by atoms with Gasteiger partial charge in [-0.25, -0.2) is 0 Å². The molecule has 9 nitrogen and oxygen atoms in total. The Morgan fingerprint density at radius 2 is 1.79 bits per heavy atom. The van der Waals surface area contributed by atoms with Gasteiger partial charge in [-0.3, -0.25) is 9.59 Å². The van der Waals surface area contributed by atoms with Crippen LogP contribution in [0.25, 0.3) is 11.4 Å². The number of hydrogen-bond donors (Lipinski definition) is 1. The first-order valence-corrected chi connectivity index (χ1v) is 11.0. The summed E-state index contributed by atoms with van der Waals surface area (Å²) < 4.78 is 10.7. The molecule has 2 heterocycles. The van der Waals surface area contributed by atoms with E-state index in [9.17, 15) is 14.7 Å². The Balaban J connectivity index is 1.26. The smallest absolute Gasteiger partial charge is 0.254 e. The predicted octanol–water partition coefficient (Wildman–Crippen LogP) is 2.76. The van der Waals surface area contributed by atoms with E-state index in [1.165, 1.54) is 12.1 Å². The van der Waals surface area contributed by atoms with Crippen molar-refractivity contribution >= 4 is 11.8 Å². The average Bonchev–Trinajstić information content (AvgIpc) is 3.32. The molecule has 1 N–H and O–H groups in total. The molecule has 172 valence electrons. The SMILES string of the molecule is CCOc1ccc(-c2noc(CCC(=O)N3CCN(C(=O)c4cccc(O)c4)CC3)n2)cc1. The predicted molar refractivity (Wildman–Crippen MR) is 120 cm³/mol. The van der Waals surface area contributed by atoms with Crippen molar-refractivity contribution in [3.8, 4) is 22.9 Å². The summed E-state index contributed by atoms with van der Waals surface area (Å²) in [6.07, 6.45) is 0.608. The van der Waals surface area contributed by atoms with E-state index in [0.717, 1.165) is 11.3 Å². The molecular weight excluding hydrogens is 424 g/mol. The number of amides is 2. The molecule has 1 saturated heterocycles. The van der Waals surface area contributed by atoms with Gasteiger partial charge in [-0.2, -0.15) is 4.98 Å². The normalized spacial score (nSPS) is 13.7. The summed E-state index contributed by atoms with van der Waals surface area (Å²) >= 11 is 0. The molecule has 4 rings (SSSR count). The Bertz CT molecular complexity index is 1100. The minimum atomic E-state index is -0.148. The molecule has 1 aliphatic heterocycles. The molecule has 0 spiro atoms. The third-order valence-electron chi connectivity index (χ3n) is 5.46. The number of aryl methyl sites for hydroxylation is 1. The van der Waals surface area contributed by atoms with Crippen molar-refractivity contribution in [2.75, 3.05) is 32.8 Å². The fourth-order valence-electron chi connectivity index (χ4n) is 3.69. The molecule has 3 aromatic rings. The second-order valence-corrected chi connectivity index (χ2v) is 7.69. The van der Waals surface area contributed by atoms with E-state index in [4.69, 9.17) is 9.26 Å². The number of aromatic nitrogens is 2. The molecule has 1 fully saturated rings. The minimum Gasteiger partial charge on any atom is -0.508 e. The van der Waals surface area contributed by atoms with Crippen LogP contribution in [0.1, 0.15) is 29.6 Å². The standard InChI is InChI=1S/C24H26N4O5/c1-2-32-20-8-6-17(7-9-20)23-25-21(33-26-23)10-11-22(30)27-12-14-28(15-13-27)24(31)18-4-3-5-19(29)16-18/h3-9,16,29H,2,10-15H2,1H3. The van der Waals surface area contributed by atoms with E-state index in [1.807, 2.05) is 31.2 Å². The van der Waals surface area contributed by atoms with Crippen molar-refractivity contribution in [2.24, 2.45) is 0 Å². The zero-order valence-electron chi connectivity index (χ0n) is 18.4. The highest BCUT2D eigenvalue weighted by atomic mass is 16.5. The monoisotopic (exact) mass is 450 g/mol. The third-order valence-corrected chi connectivity index (χ3v) is 5.46. The molecule has 2 amide bonds. The van der Waals surface area contributed by atoms with Crippen LogP contribution in [0.5, 0.6) is 11.5 Å². The highest BCUT2D eigenvalue weighted by molar-refractivity contribution is 5.94. The van der Waals surface area contributed by atoms with Crippen molar-refractivity contribution < 1.29 is 24.0 Å². The number of carbonyl (C=O) groups excluding carboxylic acids is 2. The first kappa shape index (κ1) is 22.3. The van der Waals surface area contributed by atoms with Crippen molar-refractivity contribution in [1.82, 2.24) is 19.9 Å². The van der Waals surface area contributed by atoms with E-state index in [-0.39, 0.29) is 24.0 Å². The quantitative estimate of drug-likeness (QED) is 0.589. The lowest BCUT2D eigenvalue weighted by Crippen LogP contribution is -2.50. The molecule has 33 heavy (non-hydrogen) atoms. The Hall–Kier alpha value is -3.88. The molecule has 1 aliphatic rings. The van der Waals surface area contributed by atoms with Crippen molar-refractivity contribution in [1.29, 1.82) is 0 Å². The van der Waals surface area contributed by atoms with Crippen LogP contribution in [0.3, 0.4) is 0 Å². The second-order valence-electron chi connectivity index (χ2n) is 7.69. The zero-order chi connectivity index (χ0) is 23.2. The van der Waals surface area contributed by atoms with Crippen LogP contribution in [0.15, 0.2) is 53.1 Å². The van der Waals surface area contributed by atoms with Gasteiger partial charge in [0.1, 0.15) is 11.5 Å². The van der Waals surface area contributed by atoms with Crippen molar-refractivity contribution in [3.63, 3.8) is 0 Å². The molecule has 1 aromatic heterocycles. The Morgan fingerprint density at radius 1 is 1.06 bits per heavy atom. The van der Waals surface area contributed by atoms with E-state index in [1.54, 1.807) is 21.9 Å². The van der Waals surface area contributed by atoms with E-state index >= 15 is 0 Å². The van der Waals surface area contributed by atoms with Gasteiger partial charge in [0.25, 0.3) is 5.91 Å². The van der Waals surface area contributed by atoms with Gasteiger partial charge in [0.05, 0.1) is 6.61 Å². The maximum Gasteiger partial charge on any atom is 0.254 e. The lowest BCUT2D eigenvalue weighted by molar-refractivity contribution is -0.132. The van der Waals surface area contributed by atoms with Crippen LogP contribution in [-0.4, -0.2) is 69.6 Å². The lowest BCUT2D eigenvalue weighted by atomic mass is 10.1. The molecule has 0 aliphatic carbocycles. The summed E-state index contributed by atoms with van der Waals surface area (Å²) in [5.74, 6) is 1.55. The number of nitrogens with zero attached hydrogens (tertiary/aromatic N) is 4. The molecule has 0 unspecified atom stereocenters. The maximum atomic E-state index is 12.6. The molecule has 0 bridgehead atoms.